The van der Waals surface area contributed by atoms with Crippen LogP contribution in [0.3, 0.4) is 0 Å². The molecule has 5 N–H and O–H groups in total. The molecule has 188 valence electrons. The van der Waals surface area contributed by atoms with Gasteiger partial charge in [-0.3, -0.25) is 27.9 Å². The number of fused-ring (bicyclic) bond motifs is 1. The first-order valence-corrected chi connectivity index (χ1v) is 12.5. The lowest BCUT2D eigenvalue weighted by atomic mass is 9.96. The Hall–Kier alpha value is -2.35. The molecule has 2 fully saturated rings. The molecule has 0 amide bonds. The predicted octanol–water partition coefficient (Wildman–Crippen LogP) is 1.67. The van der Waals surface area contributed by atoms with Crippen molar-refractivity contribution >= 4 is 36.5 Å². The van der Waals surface area contributed by atoms with Crippen LogP contribution in [0.5, 0.6) is 0 Å². The van der Waals surface area contributed by atoms with Crippen molar-refractivity contribution in [3.63, 3.8) is 0 Å². The van der Waals surface area contributed by atoms with Crippen molar-refractivity contribution in [2.75, 3.05) is 18.9 Å². The van der Waals surface area contributed by atoms with E-state index < -0.39 is 50.1 Å². The zero-order valence-electron chi connectivity index (χ0n) is 18.4. The number of nitrogen functional groups attached to an aromatic ring is 1. The number of anilines is 1. The maximum Gasteiger partial charge on any atom is 0.475 e. The minimum Gasteiger partial charge on any atom is -0.387 e. The van der Waals surface area contributed by atoms with Crippen molar-refractivity contribution in [3.05, 3.63) is 51.5 Å². The lowest BCUT2D eigenvalue weighted by Gasteiger charge is -2.30. The Bertz CT molecular complexity index is 1360. The molecule has 0 bridgehead atoms. The zero-order chi connectivity index (χ0) is 25.0. The van der Waals surface area contributed by atoms with Gasteiger partial charge < -0.3 is 20.7 Å². The number of ether oxygens (including phenoxy) is 1. The summed E-state index contributed by atoms with van der Waals surface area (Å²) in [6.45, 7) is 1.04. The summed E-state index contributed by atoms with van der Waals surface area (Å²) in [6, 6.07) is 6.96. The first-order valence-electron chi connectivity index (χ1n) is 10.7. The van der Waals surface area contributed by atoms with Crippen molar-refractivity contribution < 1.29 is 33.1 Å². The van der Waals surface area contributed by atoms with Gasteiger partial charge in [0.2, 0.25) is 5.95 Å². The molecule has 13 nitrogen and oxygen atoms in total. The molecule has 1 aromatic carbocycles. The number of aromatic amines is 1. The van der Waals surface area contributed by atoms with E-state index in [9.17, 15) is 19.6 Å². The molecule has 6 atom stereocenters. The second kappa shape index (κ2) is 8.95. The topological polar surface area (TPSA) is 184 Å². The van der Waals surface area contributed by atoms with Crippen molar-refractivity contribution in [3.8, 4) is 0 Å². The number of hydrogen-bond acceptors (Lipinski definition) is 11. The van der Waals surface area contributed by atoms with Crippen molar-refractivity contribution in [2.24, 2.45) is 0 Å². The van der Waals surface area contributed by atoms with Gasteiger partial charge in [0, 0.05) is 11.4 Å². The molecule has 5 rings (SSSR count). The van der Waals surface area contributed by atoms with Gasteiger partial charge in [0.15, 0.2) is 17.4 Å². The lowest BCUT2D eigenvalue weighted by molar-refractivity contribution is -0.0953. The maximum atomic E-state index is 13.1. The summed E-state index contributed by atoms with van der Waals surface area (Å²) in [6.07, 6.45) is -2.69. The number of aliphatic hydroxyl groups is 2. The fraction of sp³-hybridized carbons (Fsp3) is 0.450. The third-order valence-electron chi connectivity index (χ3n) is 5.96. The molecule has 35 heavy (non-hydrogen) atoms. The number of aromatic nitrogens is 4. The van der Waals surface area contributed by atoms with Crippen LogP contribution in [0.1, 0.15) is 31.2 Å². The number of rotatable bonds is 5. The third kappa shape index (κ3) is 4.50. The minimum absolute atomic E-state index is 0.0201. The smallest absolute Gasteiger partial charge is 0.387 e. The molecule has 15 heteroatoms. The molecule has 2 saturated heterocycles. The Morgan fingerprint density at radius 2 is 2.26 bits per heavy atom. The van der Waals surface area contributed by atoms with Crippen LogP contribution >= 0.6 is 19.4 Å². The summed E-state index contributed by atoms with van der Waals surface area (Å²) >= 11 is 6.04. The number of nitrogens with two attached hydrogens (primary N) is 1. The molecule has 2 aliphatic rings. The summed E-state index contributed by atoms with van der Waals surface area (Å²) in [5.41, 5.74) is 3.97. The van der Waals surface area contributed by atoms with E-state index >= 15 is 0 Å². The number of phosphoric ester groups is 1. The van der Waals surface area contributed by atoms with Gasteiger partial charge in [-0.1, -0.05) is 23.7 Å². The van der Waals surface area contributed by atoms with E-state index in [2.05, 4.69) is 15.0 Å². The van der Waals surface area contributed by atoms with Crippen LogP contribution < -0.4 is 11.3 Å². The fourth-order valence-electron chi connectivity index (χ4n) is 4.17. The highest BCUT2D eigenvalue weighted by molar-refractivity contribution is 7.48. The standard InChI is InChI=1S/C20H23ClN5O8P/c1-20(29)15(27)13(33-18(20)26-9-23-14-16(26)24-19(22)25-17(14)28)8-32-35(30)31-6-5-12(34-35)10-3-2-4-11(21)7-10/h2-4,7,9,12-13,15,18,27,29H,5-6,8H2,1H3,(H3,22,24,25,28)/t12-,13+,15+,18+,20+,35+/m0/s1. The number of benzene rings is 1. The van der Waals surface area contributed by atoms with Gasteiger partial charge in [0.05, 0.1) is 25.6 Å². The molecule has 0 aliphatic carbocycles. The van der Waals surface area contributed by atoms with Crippen LogP contribution in [0.2, 0.25) is 5.02 Å². The summed E-state index contributed by atoms with van der Waals surface area (Å²) in [4.78, 5) is 22.5. The normalized spacial score (nSPS) is 33.4. The highest BCUT2D eigenvalue weighted by Gasteiger charge is 2.54. The Balaban J connectivity index is 1.33. The summed E-state index contributed by atoms with van der Waals surface area (Å²) in [7, 11) is -4.01. The van der Waals surface area contributed by atoms with Crippen LogP contribution in [0.25, 0.3) is 11.2 Å². The van der Waals surface area contributed by atoms with E-state index in [0.29, 0.717) is 11.4 Å². The fourth-order valence-corrected chi connectivity index (χ4v) is 5.76. The Morgan fingerprint density at radius 1 is 1.46 bits per heavy atom. The highest BCUT2D eigenvalue weighted by Crippen LogP contribution is 2.57. The predicted molar refractivity (Wildman–Crippen MR) is 123 cm³/mol. The lowest BCUT2D eigenvalue weighted by Crippen LogP contribution is -2.44. The van der Waals surface area contributed by atoms with Crippen LogP contribution in [-0.4, -0.2) is 60.8 Å². The summed E-state index contributed by atoms with van der Waals surface area (Å²) < 4.78 is 36.6. The van der Waals surface area contributed by atoms with Crippen molar-refractivity contribution in [1.29, 1.82) is 0 Å². The van der Waals surface area contributed by atoms with Crippen LogP contribution in [0, 0.1) is 0 Å². The van der Waals surface area contributed by atoms with Crippen LogP contribution in [0.4, 0.5) is 5.95 Å². The number of halogens is 1. The van der Waals surface area contributed by atoms with Gasteiger partial charge in [-0.15, -0.1) is 0 Å². The zero-order valence-corrected chi connectivity index (χ0v) is 20.1. The monoisotopic (exact) mass is 527 g/mol. The molecule has 3 aromatic rings. The van der Waals surface area contributed by atoms with E-state index in [4.69, 9.17) is 35.6 Å². The van der Waals surface area contributed by atoms with E-state index in [1.807, 2.05) is 0 Å². The van der Waals surface area contributed by atoms with E-state index in [-0.39, 0.29) is 23.7 Å². The van der Waals surface area contributed by atoms with Gasteiger partial charge in [0.25, 0.3) is 5.56 Å². The van der Waals surface area contributed by atoms with E-state index in [1.165, 1.54) is 17.8 Å². The number of aliphatic hydroxyl groups excluding tert-OH is 1. The first-order chi connectivity index (χ1) is 16.6. The SMILES string of the molecule is C[C@@]1(O)[C@H](O)[C@@H](CO[P@@]2(=O)OCC[C@@H](c3cccc(Cl)c3)O2)O[C@H]1n1cnc2c(=O)[nH]c(N)nc21. The molecule has 0 saturated carbocycles. The Morgan fingerprint density at radius 3 is 3.03 bits per heavy atom. The van der Waals surface area contributed by atoms with Gasteiger partial charge in [-0.2, -0.15) is 4.98 Å². The highest BCUT2D eigenvalue weighted by atomic mass is 35.5. The third-order valence-corrected chi connectivity index (χ3v) is 7.67. The largest absolute Gasteiger partial charge is 0.475 e. The number of hydrogen-bond donors (Lipinski definition) is 4. The minimum atomic E-state index is -4.01. The quantitative estimate of drug-likeness (QED) is 0.354. The second-order valence-electron chi connectivity index (χ2n) is 8.49. The van der Waals surface area contributed by atoms with Gasteiger partial charge in [-0.05, 0) is 24.6 Å². The number of imidazole rings is 1. The molecule has 0 unspecified atom stereocenters. The molecule has 0 spiro atoms. The number of nitrogens with one attached hydrogen (secondary N) is 1. The van der Waals surface area contributed by atoms with Crippen LogP contribution in [0.15, 0.2) is 35.4 Å². The van der Waals surface area contributed by atoms with E-state index in [0.717, 1.165) is 5.56 Å². The number of H-pyrrole nitrogens is 1. The molecular formula is C20H23ClN5O8P. The summed E-state index contributed by atoms with van der Waals surface area (Å²) in [5.74, 6) is -0.152. The maximum absolute atomic E-state index is 13.1. The van der Waals surface area contributed by atoms with Gasteiger partial charge in [-0.25, -0.2) is 9.55 Å². The molecular weight excluding hydrogens is 505 g/mol. The number of nitrogens with zero attached hydrogens (tertiary/aromatic N) is 3. The average molecular weight is 528 g/mol. The summed E-state index contributed by atoms with van der Waals surface area (Å²) in [5, 5.41) is 22.3. The van der Waals surface area contributed by atoms with Crippen molar-refractivity contribution in [1.82, 2.24) is 19.5 Å². The number of phosphoric acid groups is 1. The Labute approximate surface area is 203 Å². The molecule has 2 aliphatic heterocycles. The van der Waals surface area contributed by atoms with Crippen molar-refractivity contribution in [2.45, 2.75) is 43.5 Å². The molecule has 4 heterocycles. The van der Waals surface area contributed by atoms with Gasteiger partial charge in [0.1, 0.15) is 17.8 Å². The van der Waals surface area contributed by atoms with Crippen LogP contribution in [-0.2, 0) is 22.9 Å². The molecule has 2 aromatic heterocycles. The first kappa shape index (κ1) is 24.3. The second-order valence-corrected chi connectivity index (χ2v) is 10.5. The average Bonchev–Trinajstić information content (AvgIpc) is 3.31. The van der Waals surface area contributed by atoms with Gasteiger partial charge >= 0.3 is 7.82 Å². The van der Waals surface area contributed by atoms with E-state index in [1.54, 1.807) is 24.3 Å². The Kier molecular flexibility index (Phi) is 6.22. The molecule has 0 radical (unpaired) electrons.